The minimum absolute atomic E-state index is 0. The maximum atomic E-state index is 6.22. The van der Waals surface area contributed by atoms with Crippen LogP contribution in [0.2, 0.25) is 0 Å². The number of piperidine rings is 1. The van der Waals surface area contributed by atoms with Crippen LogP contribution >= 0.6 is 24.0 Å². The van der Waals surface area contributed by atoms with E-state index in [1.165, 1.54) is 43.5 Å². The summed E-state index contributed by atoms with van der Waals surface area (Å²) in [5.74, 6) is 0.714. The van der Waals surface area contributed by atoms with Crippen molar-refractivity contribution >= 4 is 29.9 Å². The Kier molecular flexibility index (Phi) is 9.15. The van der Waals surface area contributed by atoms with Crippen LogP contribution in [0.4, 0.5) is 0 Å². The molecular formula is C20H34IN5. The van der Waals surface area contributed by atoms with E-state index < -0.39 is 0 Å². The Labute approximate surface area is 175 Å². The van der Waals surface area contributed by atoms with Gasteiger partial charge in [0.25, 0.3) is 0 Å². The fourth-order valence-electron chi connectivity index (χ4n) is 3.76. The largest absolute Gasteiger partial charge is 0.370 e. The maximum Gasteiger partial charge on any atom is 0.191 e. The van der Waals surface area contributed by atoms with E-state index in [0.717, 1.165) is 39.3 Å². The van der Waals surface area contributed by atoms with Gasteiger partial charge < -0.3 is 15.5 Å². The monoisotopic (exact) mass is 471 g/mol. The van der Waals surface area contributed by atoms with Gasteiger partial charge in [0.2, 0.25) is 0 Å². The summed E-state index contributed by atoms with van der Waals surface area (Å²) in [5.41, 5.74) is 8.92. The summed E-state index contributed by atoms with van der Waals surface area (Å²) >= 11 is 0. The molecular weight excluding hydrogens is 437 g/mol. The first-order valence-electron chi connectivity index (χ1n) is 9.82. The van der Waals surface area contributed by atoms with E-state index in [-0.39, 0.29) is 24.0 Å². The quantitative estimate of drug-likeness (QED) is 0.408. The van der Waals surface area contributed by atoms with Crippen LogP contribution in [0.15, 0.2) is 29.3 Å². The van der Waals surface area contributed by atoms with Crippen molar-refractivity contribution in [2.75, 3.05) is 45.8 Å². The summed E-state index contributed by atoms with van der Waals surface area (Å²) in [4.78, 5) is 12.0. The molecule has 0 radical (unpaired) electrons. The summed E-state index contributed by atoms with van der Waals surface area (Å²) in [5, 5.41) is 0. The van der Waals surface area contributed by atoms with E-state index in [0.29, 0.717) is 12.5 Å². The second-order valence-corrected chi connectivity index (χ2v) is 7.20. The van der Waals surface area contributed by atoms with Crippen molar-refractivity contribution < 1.29 is 0 Å². The van der Waals surface area contributed by atoms with Gasteiger partial charge in [-0.3, -0.25) is 4.90 Å². The molecule has 2 aliphatic heterocycles. The number of hydrogen-bond donors (Lipinski definition) is 1. The van der Waals surface area contributed by atoms with Gasteiger partial charge in [0.1, 0.15) is 0 Å². The van der Waals surface area contributed by atoms with E-state index in [2.05, 4.69) is 45.9 Å². The van der Waals surface area contributed by atoms with Crippen molar-refractivity contribution in [3.8, 4) is 0 Å². The second kappa shape index (κ2) is 11.1. The Balaban J connectivity index is 0.00000243. The van der Waals surface area contributed by atoms with Crippen LogP contribution in [0.5, 0.6) is 0 Å². The fourth-order valence-corrected chi connectivity index (χ4v) is 3.76. The lowest BCUT2D eigenvalue weighted by molar-refractivity contribution is 0.131. The third kappa shape index (κ3) is 6.09. The van der Waals surface area contributed by atoms with Crippen molar-refractivity contribution in [3.63, 3.8) is 0 Å². The Bertz CT molecular complexity index is 563. The summed E-state index contributed by atoms with van der Waals surface area (Å²) in [6.45, 7) is 11.9. The molecule has 1 aromatic carbocycles. The van der Waals surface area contributed by atoms with Crippen molar-refractivity contribution in [2.45, 2.75) is 39.3 Å². The molecule has 0 aliphatic carbocycles. The number of benzene rings is 1. The molecule has 2 fully saturated rings. The van der Waals surface area contributed by atoms with Gasteiger partial charge in [-0.15, -0.1) is 24.0 Å². The maximum absolute atomic E-state index is 6.22. The van der Waals surface area contributed by atoms with Crippen LogP contribution in [-0.2, 0) is 13.1 Å². The Hall–Kier alpha value is -0.860. The molecule has 0 bridgehead atoms. The van der Waals surface area contributed by atoms with Gasteiger partial charge in [0, 0.05) is 45.8 Å². The summed E-state index contributed by atoms with van der Waals surface area (Å²) < 4.78 is 0. The average Bonchev–Trinajstić information content (AvgIpc) is 2.68. The van der Waals surface area contributed by atoms with Gasteiger partial charge in [-0.25, -0.2) is 4.99 Å². The van der Waals surface area contributed by atoms with Crippen LogP contribution in [0.25, 0.3) is 0 Å². The molecule has 5 nitrogen and oxygen atoms in total. The highest BCUT2D eigenvalue weighted by molar-refractivity contribution is 14.0. The zero-order chi connectivity index (χ0) is 17.5. The first-order valence-corrected chi connectivity index (χ1v) is 9.82. The normalized spacial score (nSPS) is 20.0. The number of hydrogen-bond acceptors (Lipinski definition) is 3. The SMILES string of the molecule is CCN1CCN(Cc2ccccc2CN=C(N)N2CCCCC2)CC1.I. The van der Waals surface area contributed by atoms with Crippen LogP contribution in [0.1, 0.15) is 37.3 Å². The van der Waals surface area contributed by atoms with Crippen molar-refractivity contribution in [2.24, 2.45) is 10.7 Å². The Morgan fingerprint density at radius 1 is 0.923 bits per heavy atom. The lowest BCUT2D eigenvalue weighted by Crippen LogP contribution is -2.45. The van der Waals surface area contributed by atoms with Crippen molar-refractivity contribution in [1.82, 2.24) is 14.7 Å². The highest BCUT2D eigenvalue weighted by Crippen LogP contribution is 2.15. The zero-order valence-corrected chi connectivity index (χ0v) is 18.4. The molecule has 3 rings (SSSR count). The van der Waals surface area contributed by atoms with E-state index >= 15 is 0 Å². The summed E-state index contributed by atoms with van der Waals surface area (Å²) in [6, 6.07) is 8.69. The molecule has 0 saturated carbocycles. The molecule has 26 heavy (non-hydrogen) atoms. The first kappa shape index (κ1) is 21.4. The summed E-state index contributed by atoms with van der Waals surface area (Å²) in [7, 11) is 0. The van der Waals surface area contributed by atoms with Gasteiger partial charge in [-0.05, 0) is 36.9 Å². The molecule has 0 aromatic heterocycles. The van der Waals surface area contributed by atoms with E-state index in [4.69, 9.17) is 10.7 Å². The molecule has 0 spiro atoms. The standard InChI is InChI=1S/C20H33N5.HI/c1-2-23-12-14-24(15-13-23)17-19-9-5-4-8-18(19)16-22-20(21)25-10-6-3-7-11-25;/h4-5,8-9H,2-3,6-7,10-17H2,1H3,(H2,21,22);1H. The number of piperazine rings is 1. The van der Waals surface area contributed by atoms with E-state index in [1.807, 2.05) is 0 Å². The predicted octanol–water partition coefficient (Wildman–Crippen LogP) is 2.74. The molecule has 2 saturated heterocycles. The Morgan fingerprint density at radius 2 is 1.54 bits per heavy atom. The van der Waals surface area contributed by atoms with E-state index in [1.54, 1.807) is 0 Å². The molecule has 0 atom stereocenters. The number of guanidine groups is 1. The Morgan fingerprint density at radius 3 is 2.19 bits per heavy atom. The zero-order valence-electron chi connectivity index (χ0n) is 16.1. The topological polar surface area (TPSA) is 48.1 Å². The van der Waals surface area contributed by atoms with Crippen molar-refractivity contribution in [3.05, 3.63) is 35.4 Å². The molecule has 0 unspecified atom stereocenters. The van der Waals surface area contributed by atoms with Crippen LogP contribution in [-0.4, -0.2) is 66.5 Å². The van der Waals surface area contributed by atoms with Gasteiger partial charge in [-0.1, -0.05) is 31.2 Å². The minimum Gasteiger partial charge on any atom is -0.370 e. The minimum atomic E-state index is 0. The van der Waals surface area contributed by atoms with Crippen LogP contribution in [0.3, 0.4) is 0 Å². The van der Waals surface area contributed by atoms with Crippen LogP contribution < -0.4 is 5.73 Å². The van der Waals surface area contributed by atoms with Gasteiger partial charge in [0.05, 0.1) is 6.54 Å². The third-order valence-electron chi connectivity index (χ3n) is 5.52. The fraction of sp³-hybridized carbons (Fsp3) is 0.650. The molecule has 6 heteroatoms. The number of likely N-dealkylation sites (N-methyl/N-ethyl adjacent to an activating group) is 1. The lowest BCUT2D eigenvalue weighted by atomic mass is 10.1. The summed E-state index contributed by atoms with van der Waals surface area (Å²) in [6.07, 6.45) is 3.78. The number of aliphatic imine (C=N–C) groups is 1. The molecule has 146 valence electrons. The highest BCUT2D eigenvalue weighted by atomic mass is 127. The molecule has 2 heterocycles. The number of nitrogens with zero attached hydrogens (tertiary/aromatic N) is 4. The third-order valence-corrected chi connectivity index (χ3v) is 5.52. The van der Waals surface area contributed by atoms with Crippen LogP contribution in [0, 0.1) is 0 Å². The smallest absolute Gasteiger partial charge is 0.191 e. The van der Waals surface area contributed by atoms with Gasteiger partial charge >= 0.3 is 0 Å². The van der Waals surface area contributed by atoms with Crippen molar-refractivity contribution in [1.29, 1.82) is 0 Å². The number of likely N-dealkylation sites (tertiary alicyclic amines) is 1. The number of halogens is 1. The van der Waals surface area contributed by atoms with Gasteiger partial charge in [-0.2, -0.15) is 0 Å². The van der Waals surface area contributed by atoms with Gasteiger partial charge in [0.15, 0.2) is 5.96 Å². The predicted molar refractivity (Wildman–Crippen MR) is 120 cm³/mol. The molecule has 2 aliphatic rings. The molecule has 0 amide bonds. The highest BCUT2D eigenvalue weighted by Gasteiger charge is 2.17. The molecule has 1 aromatic rings. The van der Waals surface area contributed by atoms with E-state index in [9.17, 15) is 0 Å². The second-order valence-electron chi connectivity index (χ2n) is 7.20. The number of rotatable bonds is 5. The first-order chi connectivity index (χ1) is 12.3. The molecule has 2 N–H and O–H groups in total. The lowest BCUT2D eigenvalue weighted by Gasteiger charge is -2.34. The average molecular weight is 471 g/mol. The number of nitrogens with two attached hydrogens (primary N) is 1.